The Balaban J connectivity index is 1.66. The lowest BCUT2D eigenvalue weighted by molar-refractivity contribution is -0.134. The van der Waals surface area contributed by atoms with E-state index in [0.717, 1.165) is 51.4 Å². The van der Waals surface area contributed by atoms with Crippen LogP contribution in [0.4, 0.5) is 5.69 Å². The minimum atomic E-state index is -0.272. The van der Waals surface area contributed by atoms with E-state index in [0.29, 0.717) is 17.9 Å². The molecule has 1 aromatic carbocycles. The number of amides is 2. The van der Waals surface area contributed by atoms with E-state index in [1.165, 1.54) is 4.90 Å². The first-order valence-electron chi connectivity index (χ1n) is 9.80. The molecule has 0 radical (unpaired) electrons. The molecule has 26 heavy (non-hydrogen) atoms. The molecule has 2 aliphatic rings. The molecular weight excluding hydrogens is 330 g/mol. The lowest BCUT2D eigenvalue weighted by atomic mass is 9.81. The molecule has 0 unspecified atom stereocenters. The fraction of sp³-hybridized carbons (Fsp3) is 0.571. The average Bonchev–Trinajstić information content (AvgIpc) is 2.90. The number of unbranched alkanes of at least 4 members (excludes halogenated alkanes) is 3. The van der Waals surface area contributed by atoms with Crippen molar-refractivity contribution in [3.63, 3.8) is 0 Å². The first-order chi connectivity index (χ1) is 12.6. The van der Waals surface area contributed by atoms with E-state index < -0.39 is 0 Å². The number of benzene rings is 1. The summed E-state index contributed by atoms with van der Waals surface area (Å²) in [4.78, 5) is 38.6. The zero-order valence-electron chi connectivity index (χ0n) is 15.4. The molecule has 0 spiro atoms. The molecule has 1 saturated heterocycles. The predicted molar refractivity (Wildman–Crippen MR) is 98.8 cm³/mol. The van der Waals surface area contributed by atoms with Gasteiger partial charge in [0.2, 0.25) is 11.8 Å². The Labute approximate surface area is 154 Å². The molecule has 5 heteroatoms. The zero-order chi connectivity index (χ0) is 18.5. The second kappa shape index (κ2) is 8.47. The Kier molecular flexibility index (Phi) is 6.07. The third-order valence-electron chi connectivity index (χ3n) is 5.38. The summed E-state index contributed by atoms with van der Waals surface area (Å²) in [6, 6.07) is 6.76. The summed E-state index contributed by atoms with van der Waals surface area (Å²) in [5.41, 5.74) is 0.505. The SMILES string of the molecule is CCCCCCC(=O)Oc1cccc(N2C(=O)[C@H]3CCCC[C@@H]3C2=O)c1. The maximum absolute atomic E-state index is 12.7. The number of esters is 1. The minimum absolute atomic E-state index is 0.109. The van der Waals surface area contributed by atoms with Gasteiger partial charge in [-0.05, 0) is 31.4 Å². The van der Waals surface area contributed by atoms with Crippen molar-refractivity contribution in [1.82, 2.24) is 0 Å². The van der Waals surface area contributed by atoms with E-state index in [4.69, 9.17) is 4.74 Å². The normalized spacial score (nSPS) is 22.4. The molecule has 1 heterocycles. The number of hydrogen-bond acceptors (Lipinski definition) is 4. The Morgan fingerprint density at radius 3 is 2.42 bits per heavy atom. The molecule has 0 aromatic heterocycles. The first-order valence-corrected chi connectivity index (χ1v) is 9.80. The van der Waals surface area contributed by atoms with E-state index in [1.54, 1.807) is 24.3 Å². The van der Waals surface area contributed by atoms with Crippen molar-refractivity contribution in [3.8, 4) is 5.75 Å². The third kappa shape index (κ3) is 3.97. The maximum atomic E-state index is 12.7. The van der Waals surface area contributed by atoms with Crippen molar-refractivity contribution in [3.05, 3.63) is 24.3 Å². The van der Waals surface area contributed by atoms with E-state index in [1.807, 2.05) is 0 Å². The minimum Gasteiger partial charge on any atom is -0.426 e. The molecule has 0 N–H and O–H groups in total. The molecular formula is C21H27NO4. The summed E-state index contributed by atoms with van der Waals surface area (Å²) in [6.07, 6.45) is 8.05. The molecule has 140 valence electrons. The molecule has 2 atom stereocenters. The van der Waals surface area contributed by atoms with Gasteiger partial charge in [0.15, 0.2) is 0 Å². The molecule has 5 nitrogen and oxygen atoms in total. The van der Waals surface area contributed by atoms with Gasteiger partial charge in [-0.3, -0.25) is 14.4 Å². The summed E-state index contributed by atoms with van der Waals surface area (Å²) in [5, 5.41) is 0. The van der Waals surface area contributed by atoms with E-state index in [-0.39, 0.29) is 29.6 Å². The smallest absolute Gasteiger partial charge is 0.311 e. The van der Waals surface area contributed by atoms with Crippen LogP contribution < -0.4 is 9.64 Å². The number of rotatable bonds is 7. The van der Waals surface area contributed by atoms with Crippen molar-refractivity contribution in [2.75, 3.05) is 4.90 Å². The van der Waals surface area contributed by atoms with Gasteiger partial charge in [-0.1, -0.05) is 45.1 Å². The Hall–Kier alpha value is -2.17. The standard InChI is InChI=1S/C21H27NO4/c1-2-3-4-5-13-19(23)26-16-10-8-9-15(14-16)22-20(24)17-11-6-7-12-18(17)21(22)25/h8-10,14,17-18H,2-7,11-13H2,1H3/t17-,18-/m0/s1. The molecule has 1 aliphatic carbocycles. The summed E-state index contributed by atoms with van der Waals surface area (Å²) in [7, 11) is 0. The van der Waals surface area contributed by atoms with Gasteiger partial charge in [-0.2, -0.15) is 0 Å². The van der Waals surface area contributed by atoms with Crippen molar-refractivity contribution >= 4 is 23.5 Å². The molecule has 1 saturated carbocycles. The number of ether oxygens (including phenoxy) is 1. The van der Waals surface area contributed by atoms with Crippen LogP contribution in [0.2, 0.25) is 0 Å². The van der Waals surface area contributed by atoms with Gasteiger partial charge in [-0.15, -0.1) is 0 Å². The van der Waals surface area contributed by atoms with Crippen LogP contribution >= 0.6 is 0 Å². The van der Waals surface area contributed by atoms with Crippen LogP contribution in [0.3, 0.4) is 0 Å². The topological polar surface area (TPSA) is 63.7 Å². The fourth-order valence-corrected chi connectivity index (χ4v) is 3.98. The highest BCUT2D eigenvalue weighted by Crippen LogP contribution is 2.40. The van der Waals surface area contributed by atoms with Crippen molar-refractivity contribution in [2.45, 2.75) is 64.7 Å². The highest BCUT2D eigenvalue weighted by Gasteiger charge is 2.48. The number of carbonyl (C=O) groups excluding carboxylic acids is 3. The molecule has 2 fully saturated rings. The number of imide groups is 1. The van der Waals surface area contributed by atoms with Crippen LogP contribution in [0.5, 0.6) is 5.75 Å². The monoisotopic (exact) mass is 357 g/mol. The van der Waals surface area contributed by atoms with Crippen LogP contribution in [-0.2, 0) is 14.4 Å². The van der Waals surface area contributed by atoms with Gasteiger partial charge in [-0.25, -0.2) is 4.90 Å². The number of carbonyl (C=O) groups is 3. The average molecular weight is 357 g/mol. The summed E-state index contributed by atoms with van der Waals surface area (Å²) >= 11 is 0. The predicted octanol–water partition coefficient (Wildman–Crippen LogP) is 4.24. The van der Waals surface area contributed by atoms with Gasteiger partial charge in [0.1, 0.15) is 5.75 Å². The molecule has 0 bridgehead atoms. The van der Waals surface area contributed by atoms with Gasteiger partial charge in [0, 0.05) is 12.5 Å². The number of anilines is 1. The largest absolute Gasteiger partial charge is 0.426 e. The van der Waals surface area contributed by atoms with Crippen LogP contribution in [-0.4, -0.2) is 17.8 Å². The fourth-order valence-electron chi connectivity index (χ4n) is 3.98. The molecule has 1 aromatic rings. The highest BCUT2D eigenvalue weighted by atomic mass is 16.5. The number of hydrogen-bond donors (Lipinski definition) is 0. The van der Waals surface area contributed by atoms with E-state index >= 15 is 0 Å². The number of nitrogens with zero attached hydrogens (tertiary/aromatic N) is 1. The summed E-state index contributed by atoms with van der Waals surface area (Å²) in [6.45, 7) is 2.13. The summed E-state index contributed by atoms with van der Waals surface area (Å²) < 4.78 is 5.40. The lowest BCUT2D eigenvalue weighted by Crippen LogP contribution is -2.30. The van der Waals surface area contributed by atoms with Gasteiger partial charge in [0.05, 0.1) is 17.5 Å². The Bertz CT molecular complexity index is 660. The second-order valence-electron chi connectivity index (χ2n) is 7.29. The van der Waals surface area contributed by atoms with Crippen molar-refractivity contribution < 1.29 is 19.1 Å². The van der Waals surface area contributed by atoms with Gasteiger partial charge >= 0.3 is 5.97 Å². The maximum Gasteiger partial charge on any atom is 0.311 e. The van der Waals surface area contributed by atoms with Crippen molar-refractivity contribution in [2.24, 2.45) is 11.8 Å². The van der Waals surface area contributed by atoms with Gasteiger partial charge in [0.25, 0.3) is 0 Å². The molecule has 3 rings (SSSR count). The van der Waals surface area contributed by atoms with Crippen molar-refractivity contribution in [1.29, 1.82) is 0 Å². The molecule has 1 aliphatic heterocycles. The quantitative estimate of drug-likeness (QED) is 0.317. The van der Waals surface area contributed by atoms with Crippen LogP contribution in [0.15, 0.2) is 24.3 Å². The van der Waals surface area contributed by atoms with E-state index in [9.17, 15) is 14.4 Å². The Morgan fingerprint density at radius 2 is 1.77 bits per heavy atom. The summed E-state index contributed by atoms with van der Waals surface area (Å²) in [5.74, 6) is -0.461. The third-order valence-corrected chi connectivity index (χ3v) is 5.38. The zero-order valence-corrected chi connectivity index (χ0v) is 15.4. The lowest BCUT2D eigenvalue weighted by Gasteiger charge is -2.19. The van der Waals surface area contributed by atoms with E-state index in [2.05, 4.69) is 6.92 Å². The van der Waals surface area contributed by atoms with Gasteiger partial charge < -0.3 is 4.74 Å². The highest BCUT2D eigenvalue weighted by molar-refractivity contribution is 6.22. The molecule has 2 amide bonds. The van der Waals surface area contributed by atoms with Crippen LogP contribution in [0.1, 0.15) is 64.7 Å². The van der Waals surface area contributed by atoms with Crippen LogP contribution in [0, 0.1) is 11.8 Å². The Morgan fingerprint density at radius 1 is 1.08 bits per heavy atom. The second-order valence-corrected chi connectivity index (χ2v) is 7.29. The number of fused-ring (bicyclic) bond motifs is 1. The van der Waals surface area contributed by atoms with Crippen LogP contribution in [0.25, 0.3) is 0 Å². The first kappa shape index (κ1) is 18.6.